The van der Waals surface area contributed by atoms with Crippen molar-refractivity contribution in [3.8, 4) is 5.69 Å². The highest BCUT2D eigenvalue weighted by molar-refractivity contribution is 7.13. The van der Waals surface area contributed by atoms with Crippen LogP contribution < -0.4 is 11.2 Å². The second-order valence-electron chi connectivity index (χ2n) is 5.29. The van der Waals surface area contributed by atoms with Crippen LogP contribution in [0.4, 0.5) is 13.2 Å². The summed E-state index contributed by atoms with van der Waals surface area (Å²) in [5.74, 6) is 0. The molecule has 0 unspecified atom stereocenters. The maximum Gasteiger partial charge on any atom is 0.431 e. The van der Waals surface area contributed by atoms with Crippen molar-refractivity contribution in [1.29, 1.82) is 0 Å². The molecule has 25 heavy (non-hydrogen) atoms. The van der Waals surface area contributed by atoms with Crippen LogP contribution in [0.15, 0.2) is 33.9 Å². The third-order valence-corrected chi connectivity index (χ3v) is 4.54. The Morgan fingerprint density at radius 2 is 1.96 bits per heavy atom. The fourth-order valence-corrected chi connectivity index (χ4v) is 3.26. The molecular formula is C15H12F3N3O3S. The van der Waals surface area contributed by atoms with E-state index in [-0.39, 0.29) is 12.3 Å². The first-order chi connectivity index (χ1) is 11.7. The summed E-state index contributed by atoms with van der Waals surface area (Å²) < 4.78 is 49.9. The maximum absolute atomic E-state index is 12.9. The lowest BCUT2D eigenvalue weighted by molar-refractivity contribution is -0.144. The number of ether oxygens (including phenoxy) is 1. The third-order valence-electron chi connectivity index (χ3n) is 3.68. The summed E-state index contributed by atoms with van der Waals surface area (Å²) in [5.41, 5.74) is -2.62. The number of rotatable bonds is 3. The highest BCUT2D eigenvalue weighted by Crippen LogP contribution is 2.28. The van der Waals surface area contributed by atoms with Gasteiger partial charge in [0.1, 0.15) is 5.69 Å². The number of alkyl halides is 3. The summed E-state index contributed by atoms with van der Waals surface area (Å²) in [7, 11) is 2.48. The van der Waals surface area contributed by atoms with Crippen LogP contribution in [0.2, 0.25) is 0 Å². The lowest BCUT2D eigenvalue weighted by Gasteiger charge is -2.14. The minimum Gasteiger partial charge on any atom is -0.378 e. The Morgan fingerprint density at radius 3 is 2.60 bits per heavy atom. The molecule has 0 N–H and O–H groups in total. The van der Waals surface area contributed by atoms with Crippen molar-refractivity contribution in [3.05, 3.63) is 56.5 Å². The number of hydrogen-bond acceptors (Lipinski definition) is 5. The molecule has 0 radical (unpaired) electrons. The van der Waals surface area contributed by atoms with Gasteiger partial charge in [-0.25, -0.2) is 9.36 Å². The van der Waals surface area contributed by atoms with Gasteiger partial charge in [-0.1, -0.05) is 0 Å². The van der Waals surface area contributed by atoms with E-state index < -0.39 is 23.1 Å². The van der Waals surface area contributed by atoms with Crippen molar-refractivity contribution in [1.82, 2.24) is 13.5 Å². The highest BCUT2D eigenvalue weighted by atomic mass is 32.1. The van der Waals surface area contributed by atoms with Gasteiger partial charge in [0.15, 0.2) is 0 Å². The van der Waals surface area contributed by atoms with E-state index in [2.05, 4.69) is 4.37 Å². The Balaban J connectivity index is 2.25. The molecule has 3 aromatic rings. The first-order valence-corrected chi connectivity index (χ1v) is 7.79. The van der Waals surface area contributed by atoms with Crippen molar-refractivity contribution in [2.75, 3.05) is 7.11 Å². The molecule has 2 aromatic heterocycles. The van der Waals surface area contributed by atoms with Gasteiger partial charge in [0.2, 0.25) is 0 Å². The fourth-order valence-electron chi connectivity index (χ4n) is 2.49. The molecule has 0 aliphatic carbocycles. The topological polar surface area (TPSA) is 66.1 Å². The number of hydrogen-bond donors (Lipinski definition) is 0. The van der Waals surface area contributed by atoms with Gasteiger partial charge in [0.25, 0.3) is 5.56 Å². The van der Waals surface area contributed by atoms with Crippen molar-refractivity contribution in [3.63, 3.8) is 0 Å². The van der Waals surface area contributed by atoms with Crippen LogP contribution in [0.5, 0.6) is 0 Å². The van der Waals surface area contributed by atoms with Crippen molar-refractivity contribution in [2.45, 2.75) is 12.8 Å². The molecule has 0 aliphatic heterocycles. The van der Waals surface area contributed by atoms with Gasteiger partial charge in [-0.05, 0) is 29.7 Å². The number of fused-ring (bicyclic) bond motifs is 1. The van der Waals surface area contributed by atoms with Gasteiger partial charge >= 0.3 is 11.9 Å². The summed E-state index contributed by atoms with van der Waals surface area (Å²) in [6.07, 6.45) is -4.79. The minimum atomic E-state index is -4.79. The monoisotopic (exact) mass is 371 g/mol. The molecular weight excluding hydrogens is 359 g/mol. The number of halogens is 3. The first-order valence-electron chi connectivity index (χ1n) is 7.02. The van der Waals surface area contributed by atoms with E-state index in [9.17, 15) is 22.8 Å². The van der Waals surface area contributed by atoms with Crippen LogP contribution in [-0.4, -0.2) is 20.6 Å². The second-order valence-corrected chi connectivity index (χ2v) is 6.09. The van der Waals surface area contributed by atoms with E-state index in [1.807, 2.05) is 0 Å². The normalized spacial score (nSPS) is 12.0. The number of aromatic nitrogens is 3. The van der Waals surface area contributed by atoms with E-state index in [0.29, 0.717) is 26.3 Å². The number of benzene rings is 1. The number of methoxy groups -OCH3 is 1. The predicted molar refractivity (Wildman–Crippen MR) is 86.2 cm³/mol. The second kappa shape index (κ2) is 6.12. The fraction of sp³-hybridized carbons (Fsp3) is 0.267. The summed E-state index contributed by atoms with van der Waals surface area (Å²) in [5, 5.41) is 0.679. The van der Waals surface area contributed by atoms with Gasteiger partial charge in [-0.3, -0.25) is 9.36 Å². The Bertz CT molecular complexity index is 1070. The average molecular weight is 371 g/mol. The standard InChI is InChI=1S/C15H12F3N3O3S/c1-20-12(15(16,17)18)6-13(22)21(14(20)23)8-3-4-11-9(5-8)10(7-24-2)19-25-11/h3-6H,7H2,1-2H3. The van der Waals surface area contributed by atoms with Crippen LogP contribution in [0.25, 0.3) is 15.8 Å². The van der Waals surface area contributed by atoms with Crippen molar-refractivity contribution < 1.29 is 17.9 Å². The van der Waals surface area contributed by atoms with Crippen LogP contribution >= 0.6 is 11.5 Å². The smallest absolute Gasteiger partial charge is 0.378 e. The zero-order chi connectivity index (χ0) is 18.4. The summed E-state index contributed by atoms with van der Waals surface area (Å²) in [4.78, 5) is 24.5. The molecule has 0 amide bonds. The van der Waals surface area contributed by atoms with E-state index in [0.717, 1.165) is 11.7 Å². The molecule has 0 saturated carbocycles. The van der Waals surface area contributed by atoms with Crippen molar-refractivity contribution >= 4 is 21.6 Å². The first kappa shape index (κ1) is 17.4. The Labute approximate surface area is 142 Å². The molecule has 1 aromatic carbocycles. The van der Waals surface area contributed by atoms with Crippen LogP contribution in [0, 0.1) is 0 Å². The molecule has 6 nitrogen and oxygen atoms in total. The predicted octanol–water partition coefficient (Wildman–Crippen LogP) is 2.31. The van der Waals surface area contributed by atoms with E-state index in [1.165, 1.54) is 24.7 Å². The molecule has 0 bridgehead atoms. The van der Waals surface area contributed by atoms with Gasteiger partial charge in [0.05, 0.1) is 22.7 Å². The van der Waals surface area contributed by atoms with Crippen LogP contribution in [0.3, 0.4) is 0 Å². The lowest BCUT2D eigenvalue weighted by Crippen LogP contribution is -2.40. The Kier molecular flexibility index (Phi) is 4.25. The molecule has 132 valence electrons. The molecule has 0 spiro atoms. The van der Waals surface area contributed by atoms with Gasteiger partial charge in [0, 0.05) is 25.6 Å². The summed E-state index contributed by atoms with van der Waals surface area (Å²) in [6.45, 7) is 0.239. The zero-order valence-corrected chi connectivity index (χ0v) is 13.9. The Hall–Kier alpha value is -2.46. The highest BCUT2D eigenvalue weighted by Gasteiger charge is 2.35. The number of nitrogens with zero attached hydrogens (tertiary/aromatic N) is 3. The van der Waals surface area contributed by atoms with Crippen molar-refractivity contribution in [2.24, 2.45) is 7.05 Å². The summed E-state index contributed by atoms with van der Waals surface area (Å²) >= 11 is 1.23. The van der Waals surface area contributed by atoms with Gasteiger partial charge < -0.3 is 4.74 Å². The molecule has 3 rings (SSSR count). The molecule has 0 saturated heterocycles. The van der Waals surface area contributed by atoms with E-state index in [1.54, 1.807) is 12.1 Å². The average Bonchev–Trinajstić information content (AvgIpc) is 2.93. The SMILES string of the molecule is COCc1nsc2ccc(-n3c(=O)cc(C(F)(F)F)n(C)c3=O)cc12. The molecule has 2 heterocycles. The molecule has 0 fully saturated rings. The zero-order valence-electron chi connectivity index (χ0n) is 13.1. The van der Waals surface area contributed by atoms with Crippen LogP contribution in [0.1, 0.15) is 11.4 Å². The Morgan fingerprint density at radius 1 is 1.24 bits per heavy atom. The van der Waals surface area contributed by atoms with Gasteiger partial charge in [-0.15, -0.1) is 0 Å². The van der Waals surface area contributed by atoms with Crippen LogP contribution in [-0.2, 0) is 24.6 Å². The maximum atomic E-state index is 12.9. The molecule has 0 atom stereocenters. The molecule has 10 heteroatoms. The molecule has 0 aliphatic rings. The van der Waals surface area contributed by atoms with E-state index >= 15 is 0 Å². The summed E-state index contributed by atoms with van der Waals surface area (Å²) in [6, 6.07) is 5.11. The minimum absolute atomic E-state index is 0.171. The lowest BCUT2D eigenvalue weighted by atomic mass is 10.2. The van der Waals surface area contributed by atoms with Gasteiger partial charge in [-0.2, -0.15) is 17.5 Å². The largest absolute Gasteiger partial charge is 0.431 e. The quantitative estimate of drug-likeness (QED) is 0.709. The third kappa shape index (κ3) is 2.98. The van der Waals surface area contributed by atoms with E-state index in [4.69, 9.17) is 4.74 Å².